The van der Waals surface area contributed by atoms with Crippen molar-refractivity contribution in [2.75, 3.05) is 6.54 Å². The topological polar surface area (TPSA) is 41.6 Å². The number of hydrogen-bond acceptors (Lipinski definition) is 3. The second-order valence-corrected chi connectivity index (χ2v) is 4.99. The first-order valence-electron chi connectivity index (χ1n) is 5.69. The average Bonchev–Trinajstić information content (AvgIpc) is 3.01. The zero-order chi connectivity index (χ0) is 12.0. The first-order valence-corrected chi connectivity index (χ1v) is 6.07. The van der Waals surface area contributed by atoms with Gasteiger partial charge in [0.1, 0.15) is 5.82 Å². The van der Waals surface area contributed by atoms with Crippen molar-refractivity contribution >= 4 is 17.6 Å². The number of rotatable bonds is 2. The lowest BCUT2D eigenvalue weighted by Crippen LogP contribution is -2.37. The molecule has 0 bridgehead atoms. The van der Waals surface area contributed by atoms with Crippen LogP contribution in [0.2, 0.25) is 5.02 Å². The van der Waals surface area contributed by atoms with Gasteiger partial charge in [-0.05, 0) is 36.6 Å². The molecular formula is C12H13ClFN3. The molecule has 1 fully saturated rings. The van der Waals surface area contributed by atoms with Crippen LogP contribution in [-0.2, 0) is 0 Å². The molecule has 1 aliphatic heterocycles. The third-order valence-corrected chi connectivity index (χ3v) is 3.45. The Bertz CT molecular complexity index is 464. The molecule has 5 heteroatoms. The van der Waals surface area contributed by atoms with Crippen molar-refractivity contribution in [2.45, 2.75) is 24.9 Å². The first-order chi connectivity index (χ1) is 8.15. The van der Waals surface area contributed by atoms with E-state index in [0.29, 0.717) is 23.6 Å². The highest BCUT2D eigenvalue weighted by atomic mass is 35.5. The minimum Gasteiger partial charge on any atom is -0.370 e. The highest BCUT2D eigenvalue weighted by Gasteiger charge is 2.39. The van der Waals surface area contributed by atoms with Crippen molar-refractivity contribution < 1.29 is 4.39 Å². The second-order valence-electron chi connectivity index (χ2n) is 4.56. The summed E-state index contributed by atoms with van der Waals surface area (Å²) in [5.74, 6) is 0.256. The van der Waals surface area contributed by atoms with Crippen LogP contribution in [-0.4, -0.2) is 23.4 Å². The number of halogens is 2. The van der Waals surface area contributed by atoms with Crippen molar-refractivity contribution in [1.29, 1.82) is 0 Å². The van der Waals surface area contributed by atoms with Gasteiger partial charge in [0.25, 0.3) is 0 Å². The maximum atomic E-state index is 13.4. The molecule has 1 saturated carbocycles. The van der Waals surface area contributed by atoms with Crippen molar-refractivity contribution in [3.05, 3.63) is 34.6 Å². The number of hydrogen-bond donors (Lipinski definition) is 1. The summed E-state index contributed by atoms with van der Waals surface area (Å²) in [6.07, 6.45) is 2.27. The monoisotopic (exact) mass is 253 g/mol. The molecule has 0 saturated heterocycles. The van der Waals surface area contributed by atoms with Crippen LogP contribution in [0.3, 0.4) is 0 Å². The Labute approximate surface area is 104 Å². The standard InChI is InChI=1S/C12H13ClFN3/c13-8-3-7(4-9(14)5-8)11-6-16-12(15)17(11)10-1-2-10/h3-5,10-11H,1-2,6H2,(H2,15,16). The van der Waals surface area contributed by atoms with Crippen molar-refractivity contribution in [2.24, 2.45) is 10.7 Å². The van der Waals surface area contributed by atoms with E-state index < -0.39 is 0 Å². The summed E-state index contributed by atoms with van der Waals surface area (Å²) < 4.78 is 13.4. The molecule has 0 aromatic heterocycles. The molecular weight excluding hydrogens is 241 g/mol. The normalized spacial score (nSPS) is 24.0. The van der Waals surface area contributed by atoms with Crippen LogP contribution in [0, 0.1) is 5.82 Å². The Morgan fingerprint density at radius 2 is 2.12 bits per heavy atom. The summed E-state index contributed by atoms with van der Waals surface area (Å²) in [4.78, 5) is 6.34. The van der Waals surface area contributed by atoms with Crippen LogP contribution >= 0.6 is 11.6 Å². The van der Waals surface area contributed by atoms with E-state index in [4.69, 9.17) is 17.3 Å². The molecule has 1 aromatic rings. The van der Waals surface area contributed by atoms with Crippen LogP contribution in [0.1, 0.15) is 24.4 Å². The molecule has 0 amide bonds. The molecule has 3 nitrogen and oxygen atoms in total. The van der Waals surface area contributed by atoms with Crippen LogP contribution in [0.5, 0.6) is 0 Å². The predicted octanol–water partition coefficient (Wildman–Crippen LogP) is 2.31. The summed E-state index contributed by atoms with van der Waals surface area (Å²) in [5, 5.41) is 0.418. The van der Waals surface area contributed by atoms with Gasteiger partial charge in [-0.15, -0.1) is 0 Å². The van der Waals surface area contributed by atoms with Crippen molar-refractivity contribution in [1.82, 2.24) is 4.90 Å². The zero-order valence-electron chi connectivity index (χ0n) is 9.24. The van der Waals surface area contributed by atoms with Gasteiger partial charge in [0.2, 0.25) is 0 Å². The van der Waals surface area contributed by atoms with Gasteiger partial charge < -0.3 is 10.6 Å². The molecule has 1 aromatic carbocycles. The SMILES string of the molecule is NC1=NCC(c2cc(F)cc(Cl)c2)N1C1CC1. The quantitative estimate of drug-likeness (QED) is 0.879. The van der Waals surface area contributed by atoms with Crippen LogP contribution < -0.4 is 5.73 Å². The van der Waals surface area contributed by atoms with E-state index in [2.05, 4.69) is 9.89 Å². The minimum atomic E-state index is -0.311. The van der Waals surface area contributed by atoms with E-state index in [1.54, 1.807) is 6.07 Å². The zero-order valence-corrected chi connectivity index (χ0v) is 9.99. The van der Waals surface area contributed by atoms with Gasteiger partial charge in [0.15, 0.2) is 5.96 Å². The fourth-order valence-electron chi connectivity index (χ4n) is 2.34. The van der Waals surface area contributed by atoms with Gasteiger partial charge in [-0.25, -0.2) is 4.39 Å². The lowest BCUT2D eigenvalue weighted by Gasteiger charge is -2.26. The largest absolute Gasteiger partial charge is 0.370 e. The number of nitrogens with two attached hydrogens (primary N) is 1. The van der Waals surface area contributed by atoms with E-state index in [0.717, 1.165) is 18.4 Å². The van der Waals surface area contributed by atoms with Gasteiger partial charge in [0, 0.05) is 11.1 Å². The molecule has 2 N–H and O–H groups in total. The van der Waals surface area contributed by atoms with E-state index >= 15 is 0 Å². The Hall–Kier alpha value is -1.29. The van der Waals surface area contributed by atoms with E-state index in [9.17, 15) is 4.39 Å². The minimum absolute atomic E-state index is 0.0377. The van der Waals surface area contributed by atoms with Crippen molar-refractivity contribution in [3.8, 4) is 0 Å². The number of nitrogens with zero attached hydrogens (tertiary/aromatic N) is 2. The lowest BCUT2D eigenvalue weighted by molar-refractivity contribution is 0.337. The smallest absolute Gasteiger partial charge is 0.192 e. The Balaban J connectivity index is 1.93. The first kappa shape index (κ1) is 10.8. The number of guanidine groups is 1. The summed E-state index contributed by atoms with van der Waals surface area (Å²) in [7, 11) is 0. The Morgan fingerprint density at radius 3 is 2.76 bits per heavy atom. The third kappa shape index (κ3) is 1.97. The van der Waals surface area contributed by atoms with Gasteiger partial charge in [-0.2, -0.15) is 0 Å². The van der Waals surface area contributed by atoms with Crippen LogP contribution in [0.4, 0.5) is 4.39 Å². The number of benzene rings is 1. The molecule has 3 rings (SSSR count). The molecule has 1 unspecified atom stereocenters. The predicted molar refractivity (Wildman–Crippen MR) is 65.5 cm³/mol. The summed E-state index contributed by atoms with van der Waals surface area (Å²) >= 11 is 5.88. The van der Waals surface area contributed by atoms with Crippen LogP contribution in [0.25, 0.3) is 0 Å². The van der Waals surface area contributed by atoms with Crippen LogP contribution in [0.15, 0.2) is 23.2 Å². The molecule has 90 valence electrons. The van der Waals surface area contributed by atoms with E-state index in [1.165, 1.54) is 12.1 Å². The molecule has 0 radical (unpaired) electrons. The molecule has 2 aliphatic rings. The molecule has 1 aliphatic carbocycles. The van der Waals surface area contributed by atoms with Gasteiger partial charge in [-0.1, -0.05) is 11.6 Å². The number of aliphatic imine (C=N–C) groups is 1. The fraction of sp³-hybridized carbons (Fsp3) is 0.417. The summed E-state index contributed by atoms with van der Waals surface area (Å²) in [6.45, 7) is 0.585. The maximum absolute atomic E-state index is 13.4. The second kappa shape index (κ2) is 3.88. The van der Waals surface area contributed by atoms with Gasteiger partial charge in [-0.3, -0.25) is 4.99 Å². The fourth-order valence-corrected chi connectivity index (χ4v) is 2.57. The van der Waals surface area contributed by atoms with Crippen molar-refractivity contribution in [3.63, 3.8) is 0 Å². The molecule has 17 heavy (non-hydrogen) atoms. The molecule has 1 atom stereocenters. The van der Waals surface area contributed by atoms with E-state index in [1.807, 2.05) is 0 Å². The Kier molecular flexibility index (Phi) is 2.47. The highest BCUT2D eigenvalue weighted by Crippen LogP contribution is 2.37. The van der Waals surface area contributed by atoms with Gasteiger partial charge >= 0.3 is 0 Å². The summed E-state index contributed by atoms with van der Waals surface area (Å²) in [6, 6.07) is 5.12. The maximum Gasteiger partial charge on any atom is 0.192 e. The lowest BCUT2D eigenvalue weighted by atomic mass is 10.1. The average molecular weight is 254 g/mol. The molecule has 1 heterocycles. The summed E-state index contributed by atoms with van der Waals surface area (Å²) in [5.41, 5.74) is 6.73. The highest BCUT2D eigenvalue weighted by molar-refractivity contribution is 6.30. The molecule has 0 spiro atoms. The Morgan fingerprint density at radius 1 is 1.35 bits per heavy atom. The van der Waals surface area contributed by atoms with E-state index in [-0.39, 0.29) is 11.9 Å². The van der Waals surface area contributed by atoms with Gasteiger partial charge in [0.05, 0.1) is 12.6 Å². The third-order valence-electron chi connectivity index (χ3n) is 3.24.